The monoisotopic (exact) mass is 397 g/mol. The van der Waals surface area contributed by atoms with E-state index in [9.17, 15) is 4.39 Å². The third kappa shape index (κ3) is 3.31. The highest BCUT2D eigenvalue weighted by Gasteiger charge is 2.19. The minimum absolute atomic E-state index is 0.191. The average Bonchev–Trinajstić information content (AvgIpc) is 2.49. The van der Waals surface area contributed by atoms with Crippen LogP contribution in [0.3, 0.4) is 0 Å². The van der Waals surface area contributed by atoms with Crippen LogP contribution < -0.4 is 10.1 Å². The number of halogens is 2. The first-order valence-corrected chi connectivity index (χ1v) is 8.11. The van der Waals surface area contributed by atoms with Crippen LogP contribution in [-0.4, -0.2) is 13.2 Å². The van der Waals surface area contributed by atoms with Crippen molar-refractivity contribution in [2.45, 2.75) is 25.3 Å². The first-order chi connectivity index (χ1) is 10.2. The maximum absolute atomic E-state index is 13.2. The molecule has 2 aromatic rings. The van der Waals surface area contributed by atoms with Gasteiger partial charge in [-0.3, -0.25) is 0 Å². The van der Waals surface area contributed by atoms with Crippen LogP contribution >= 0.6 is 22.6 Å². The summed E-state index contributed by atoms with van der Waals surface area (Å²) in [5, 5.41) is 3.54. The Morgan fingerprint density at radius 1 is 1.19 bits per heavy atom. The molecule has 0 amide bonds. The molecule has 2 aromatic carbocycles. The van der Waals surface area contributed by atoms with Crippen molar-refractivity contribution in [2.75, 3.05) is 12.4 Å². The molecule has 1 unspecified atom stereocenters. The third-order valence-electron chi connectivity index (χ3n) is 3.93. The Bertz CT molecular complexity index is 659. The fourth-order valence-corrected chi connectivity index (χ4v) is 3.44. The van der Waals surface area contributed by atoms with Gasteiger partial charge in [0.15, 0.2) is 0 Å². The molecule has 0 spiro atoms. The molecule has 0 fully saturated rings. The molecule has 0 aromatic heterocycles. The number of benzene rings is 2. The van der Waals surface area contributed by atoms with Crippen LogP contribution in [0.1, 0.15) is 17.5 Å². The summed E-state index contributed by atoms with van der Waals surface area (Å²) < 4.78 is 19.4. The Morgan fingerprint density at radius 3 is 2.81 bits per heavy atom. The molecule has 1 N–H and O–H groups in total. The zero-order valence-electron chi connectivity index (χ0n) is 11.8. The second-order valence-corrected chi connectivity index (χ2v) is 6.51. The Balaban J connectivity index is 1.76. The zero-order chi connectivity index (χ0) is 14.8. The molecule has 1 aliphatic carbocycles. The molecule has 110 valence electrons. The molecule has 0 heterocycles. The van der Waals surface area contributed by atoms with E-state index in [1.54, 1.807) is 13.2 Å². The van der Waals surface area contributed by atoms with Gasteiger partial charge in [-0.25, -0.2) is 4.39 Å². The van der Waals surface area contributed by atoms with Crippen molar-refractivity contribution < 1.29 is 9.13 Å². The summed E-state index contributed by atoms with van der Waals surface area (Å²) in [7, 11) is 1.70. The number of hydrogen-bond acceptors (Lipinski definition) is 2. The highest BCUT2D eigenvalue weighted by molar-refractivity contribution is 14.1. The van der Waals surface area contributed by atoms with Crippen molar-refractivity contribution in [3.05, 3.63) is 56.9 Å². The number of anilines is 1. The van der Waals surface area contributed by atoms with Gasteiger partial charge in [0.05, 0.1) is 7.11 Å². The van der Waals surface area contributed by atoms with E-state index in [1.165, 1.54) is 17.2 Å². The molecule has 21 heavy (non-hydrogen) atoms. The molecule has 1 aliphatic rings. The Kier molecular flexibility index (Phi) is 4.33. The number of hydrogen-bond donors (Lipinski definition) is 1. The maximum atomic E-state index is 13.2. The van der Waals surface area contributed by atoms with Crippen LogP contribution in [0.5, 0.6) is 5.75 Å². The first-order valence-electron chi connectivity index (χ1n) is 7.03. The second kappa shape index (κ2) is 6.22. The van der Waals surface area contributed by atoms with E-state index in [0.717, 1.165) is 34.3 Å². The van der Waals surface area contributed by atoms with Crippen LogP contribution in [0, 0.1) is 9.39 Å². The summed E-state index contributed by atoms with van der Waals surface area (Å²) in [6.07, 6.45) is 3.13. The van der Waals surface area contributed by atoms with E-state index in [-0.39, 0.29) is 5.82 Å². The number of methoxy groups -OCH3 is 1. The van der Waals surface area contributed by atoms with E-state index in [1.807, 2.05) is 12.1 Å². The fourth-order valence-electron chi connectivity index (χ4n) is 2.81. The normalized spacial score (nSPS) is 17.2. The van der Waals surface area contributed by atoms with Gasteiger partial charge in [0.2, 0.25) is 0 Å². The van der Waals surface area contributed by atoms with E-state index >= 15 is 0 Å². The number of rotatable bonds is 3. The SMILES string of the molecule is COc1ccc2c(c1)CC(Nc1ccc(F)cc1I)CC2. The number of aryl methyl sites for hydroxylation is 1. The average molecular weight is 397 g/mol. The fraction of sp³-hybridized carbons (Fsp3) is 0.294. The minimum Gasteiger partial charge on any atom is -0.497 e. The molecule has 4 heteroatoms. The maximum Gasteiger partial charge on any atom is 0.124 e. The summed E-state index contributed by atoms with van der Waals surface area (Å²) in [4.78, 5) is 0. The third-order valence-corrected chi connectivity index (χ3v) is 4.83. The highest BCUT2D eigenvalue weighted by Crippen LogP contribution is 2.28. The molecule has 1 atom stereocenters. The number of nitrogens with one attached hydrogen (secondary N) is 1. The second-order valence-electron chi connectivity index (χ2n) is 5.34. The molecule has 0 saturated carbocycles. The van der Waals surface area contributed by atoms with E-state index in [4.69, 9.17) is 4.74 Å². The smallest absolute Gasteiger partial charge is 0.124 e. The van der Waals surface area contributed by atoms with Gasteiger partial charge in [-0.1, -0.05) is 6.07 Å². The lowest BCUT2D eigenvalue weighted by Gasteiger charge is -2.27. The van der Waals surface area contributed by atoms with Crippen molar-refractivity contribution >= 4 is 28.3 Å². The summed E-state index contributed by atoms with van der Waals surface area (Å²) in [6, 6.07) is 11.6. The number of fused-ring (bicyclic) bond motifs is 1. The standard InChI is InChI=1S/C17H17FINO/c1-21-15-6-3-11-2-5-14(8-12(11)9-15)20-17-7-4-13(18)10-16(17)19/h3-4,6-7,9-10,14,20H,2,5,8H2,1H3. The van der Waals surface area contributed by atoms with Crippen molar-refractivity contribution in [1.82, 2.24) is 0 Å². The van der Waals surface area contributed by atoms with E-state index < -0.39 is 0 Å². The molecular formula is C17H17FINO. The minimum atomic E-state index is -0.191. The number of ether oxygens (including phenoxy) is 1. The quantitative estimate of drug-likeness (QED) is 0.775. The lowest BCUT2D eigenvalue weighted by molar-refractivity contribution is 0.413. The van der Waals surface area contributed by atoms with Crippen LogP contribution in [0.2, 0.25) is 0 Å². The predicted molar refractivity (Wildman–Crippen MR) is 91.5 cm³/mol. The van der Waals surface area contributed by atoms with Gasteiger partial charge in [0, 0.05) is 15.3 Å². The molecule has 0 aliphatic heterocycles. The lowest BCUT2D eigenvalue weighted by atomic mass is 9.88. The largest absolute Gasteiger partial charge is 0.497 e. The van der Waals surface area contributed by atoms with Gasteiger partial charge in [-0.2, -0.15) is 0 Å². The van der Waals surface area contributed by atoms with Crippen molar-refractivity contribution in [3.8, 4) is 5.75 Å². The Hall–Kier alpha value is -1.30. The van der Waals surface area contributed by atoms with E-state index in [2.05, 4.69) is 40.0 Å². The Labute approximate surface area is 137 Å². The van der Waals surface area contributed by atoms with Crippen LogP contribution in [0.4, 0.5) is 10.1 Å². The summed E-state index contributed by atoms with van der Waals surface area (Å²) >= 11 is 2.17. The van der Waals surface area contributed by atoms with Gasteiger partial charge >= 0.3 is 0 Å². The van der Waals surface area contributed by atoms with Crippen LogP contribution in [0.25, 0.3) is 0 Å². The van der Waals surface area contributed by atoms with Gasteiger partial charge in [0.25, 0.3) is 0 Å². The predicted octanol–water partition coefficient (Wildman–Crippen LogP) is 4.41. The van der Waals surface area contributed by atoms with Crippen molar-refractivity contribution in [2.24, 2.45) is 0 Å². The summed E-state index contributed by atoms with van der Waals surface area (Å²) in [5.41, 5.74) is 3.76. The lowest BCUT2D eigenvalue weighted by Crippen LogP contribution is -2.27. The highest BCUT2D eigenvalue weighted by atomic mass is 127. The molecule has 0 radical (unpaired) electrons. The van der Waals surface area contributed by atoms with Crippen LogP contribution in [0.15, 0.2) is 36.4 Å². The molecule has 0 saturated heterocycles. The topological polar surface area (TPSA) is 21.3 Å². The first kappa shape index (κ1) is 14.6. The van der Waals surface area contributed by atoms with Gasteiger partial charge < -0.3 is 10.1 Å². The van der Waals surface area contributed by atoms with E-state index in [0.29, 0.717) is 6.04 Å². The molecular weight excluding hydrogens is 380 g/mol. The summed E-state index contributed by atoms with van der Waals surface area (Å²) in [5.74, 6) is 0.717. The van der Waals surface area contributed by atoms with Crippen LogP contribution in [-0.2, 0) is 12.8 Å². The Morgan fingerprint density at radius 2 is 2.05 bits per heavy atom. The van der Waals surface area contributed by atoms with Gasteiger partial charge in [-0.15, -0.1) is 0 Å². The van der Waals surface area contributed by atoms with Gasteiger partial charge in [-0.05, 0) is 83.3 Å². The molecule has 0 bridgehead atoms. The van der Waals surface area contributed by atoms with Gasteiger partial charge in [0.1, 0.15) is 11.6 Å². The summed E-state index contributed by atoms with van der Waals surface area (Å²) in [6.45, 7) is 0. The van der Waals surface area contributed by atoms with Crippen molar-refractivity contribution in [3.63, 3.8) is 0 Å². The molecule has 3 rings (SSSR count). The van der Waals surface area contributed by atoms with Crippen molar-refractivity contribution in [1.29, 1.82) is 0 Å². The molecule has 2 nitrogen and oxygen atoms in total. The zero-order valence-corrected chi connectivity index (χ0v) is 14.0.